The summed E-state index contributed by atoms with van der Waals surface area (Å²) in [5.74, 6) is 7.70. The second-order valence-electron chi connectivity index (χ2n) is 6.25. The third-order valence-corrected chi connectivity index (χ3v) is 4.51. The predicted octanol–water partition coefficient (Wildman–Crippen LogP) is 3.59. The van der Waals surface area contributed by atoms with Crippen LogP contribution in [-0.2, 0) is 0 Å². The van der Waals surface area contributed by atoms with Crippen LogP contribution in [0, 0.1) is 17.8 Å². The molecule has 2 aliphatic carbocycles. The topological polar surface area (TPSA) is 0 Å². The van der Waals surface area contributed by atoms with Gasteiger partial charge in [-0.15, -0.1) is 0 Å². The van der Waals surface area contributed by atoms with Gasteiger partial charge in [-0.1, -0.05) is 19.3 Å². The normalized spacial score (nSPS) is 24.8. The van der Waals surface area contributed by atoms with Crippen molar-refractivity contribution in [3.8, 4) is 11.8 Å². The van der Waals surface area contributed by atoms with Crippen LogP contribution in [0.25, 0.3) is 0 Å². The second kappa shape index (κ2) is 5.91. The third kappa shape index (κ3) is 3.75. The zero-order chi connectivity index (χ0) is 12.1. The molecule has 0 saturated heterocycles. The molecular formula is C16H28N+. The Balaban J connectivity index is 1.93. The van der Waals surface area contributed by atoms with Crippen molar-refractivity contribution in [1.29, 1.82) is 0 Å². The molecule has 2 saturated carbocycles. The maximum Gasteiger partial charge on any atom is 0.140 e. The first kappa shape index (κ1) is 13.0. The van der Waals surface area contributed by atoms with Gasteiger partial charge in [-0.2, -0.15) is 0 Å². The molecule has 96 valence electrons. The van der Waals surface area contributed by atoms with E-state index in [4.69, 9.17) is 0 Å². The van der Waals surface area contributed by atoms with Gasteiger partial charge >= 0.3 is 0 Å². The first-order valence-corrected chi connectivity index (χ1v) is 7.57. The van der Waals surface area contributed by atoms with Gasteiger partial charge in [0.1, 0.15) is 6.54 Å². The first-order chi connectivity index (χ1) is 8.24. The molecule has 0 aromatic heterocycles. The SMILES string of the molecule is CCC[N@+](C)(CC#CC1CC1)C1CCCCC1. The zero-order valence-corrected chi connectivity index (χ0v) is 11.7. The summed E-state index contributed by atoms with van der Waals surface area (Å²) >= 11 is 0. The van der Waals surface area contributed by atoms with Gasteiger partial charge in [-0.05, 0) is 50.9 Å². The summed E-state index contributed by atoms with van der Waals surface area (Å²) in [6, 6.07) is 0.886. The summed E-state index contributed by atoms with van der Waals surface area (Å²) in [5, 5.41) is 0. The van der Waals surface area contributed by atoms with Crippen LogP contribution >= 0.6 is 0 Å². The highest BCUT2D eigenvalue weighted by Crippen LogP contribution is 2.29. The van der Waals surface area contributed by atoms with E-state index in [9.17, 15) is 0 Å². The van der Waals surface area contributed by atoms with E-state index in [0.717, 1.165) is 18.5 Å². The minimum absolute atomic E-state index is 0.761. The Labute approximate surface area is 107 Å². The van der Waals surface area contributed by atoms with E-state index in [-0.39, 0.29) is 0 Å². The van der Waals surface area contributed by atoms with Gasteiger partial charge < -0.3 is 4.48 Å². The number of hydrogen-bond acceptors (Lipinski definition) is 0. The highest BCUT2D eigenvalue weighted by atomic mass is 15.3. The monoisotopic (exact) mass is 234 g/mol. The largest absolute Gasteiger partial charge is 0.314 e. The standard InChI is InChI=1S/C16H28N/c1-3-13-17(2,14-7-8-15-11-12-15)16-9-5-4-6-10-16/h15-16H,3-6,9-14H2,1-2H3/q+1/t17-/m1/s1. The Morgan fingerprint density at radius 2 is 1.76 bits per heavy atom. The Bertz CT molecular complexity index is 288. The molecule has 0 N–H and O–H groups in total. The molecule has 0 bridgehead atoms. The molecule has 1 nitrogen and oxygen atoms in total. The Morgan fingerprint density at radius 1 is 1.06 bits per heavy atom. The molecule has 2 aliphatic rings. The van der Waals surface area contributed by atoms with Crippen molar-refractivity contribution in [2.45, 2.75) is 64.3 Å². The summed E-state index contributed by atoms with van der Waals surface area (Å²) in [4.78, 5) is 0. The molecular weight excluding hydrogens is 206 g/mol. The van der Waals surface area contributed by atoms with Crippen LogP contribution in [0.3, 0.4) is 0 Å². The maximum absolute atomic E-state index is 3.49. The van der Waals surface area contributed by atoms with E-state index in [1.165, 1.54) is 62.4 Å². The minimum atomic E-state index is 0.761. The molecule has 0 heterocycles. The number of rotatable bonds is 4. The van der Waals surface area contributed by atoms with E-state index >= 15 is 0 Å². The molecule has 0 aliphatic heterocycles. The second-order valence-corrected chi connectivity index (χ2v) is 6.25. The average molecular weight is 234 g/mol. The highest BCUT2D eigenvalue weighted by molar-refractivity contribution is 5.09. The molecule has 0 aromatic rings. The molecule has 0 aromatic carbocycles. The van der Waals surface area contributed by atoms with Gasteiger partial charge in [-0.25, -0.2) is 0 Å². The van der Waals surface area contributed by atoms with Gasteiger partial charge in [0, 0.05) is 5.92 Å². The van der Waals surface area contributed by atoms with E-state index in [2.05, 4.69) is 25.8 Å². The maximum atomic E-state index is 3.49. The van der Waals surface area contributed by atoms with Crippen molar-refractivity contribution in [3.05, 3.63) is 0 Å². The predicted molar refractivity (Wildman–Crippen MR) is 73.6 cm³/mol. The summed E-state index contributed by atoms with van der Waals surface area (Å²) < 4.78 is 1.22. The lowest BCUT2D eigenvalue weighted by Crippen LogP contribution is -2.53. The number of hydrogen-bond donors (Lipinski definition) is 0. The van der Waals surface area contributed by atoms with Crippen molar-refractivity contribution in [2.75, 3.05) is 20.1 Å². The Kier molecular flexibility index (Phi) is 4.51. The van der Waals surface area contributed by atoms with E-state index < -0.39 is 0 Å². The van der Waals surface area contributed by atoms with Gasteiger partial charge in [0.15, 0.2) is 0 Å². The van der Waals surface area contributed by atoms with E-state index in [1.807, 2.05) is 0 Å². The molecule has 17 heavy (non-hydrogen) atoms. The lowest BCUT2D eigenvalue weighted by molar-refractivity contribution is -0.928. The zero-order valence-electron chi connectivity index (χ0n) is 11.7. The molecule has 0 amide bonds. The quantitative estimate of drug-likeness (QED) is 0.515. The molecule has 1 heteroatoms. The van der Waals surface area contributed by atoms with Crippen molar-refractivity contribution in [1.82, 2.24) is 0 Å². The van der Waals surface area contributed by atoms with Crippen molar-refractivity contribution in [3.63, 3.8) is 0 Å². The van der Waals surface area contributed by atoms with Gasteiger partial charge in [-0.3, -0.25) is 0 Å². The van der Waals surface area contributed by atoms with Crippen molar-refractivity contribution >= 4 is 0 Å². The van der Waals surface area contributed by atoms with Gasteiger partial charge in [0.05, 0.1) is 19.6 Å². The van der Waals surface area contributed by atoms with Crippen molar-refractivity contribution < 1.29 is 4.48 Å². The fraction of sp³-hybridized carbons (Fsp3) is 0.875. The molecule has 0 spiro atoms. The van der Waals surface area contributed by atoms with Crippen LogP contribution in [0.2, 0.25) is 0 Å². The molecule has 2 fully saturated rings. The van der Waals surface area contributed by atoms with Crippen LogP contribution in [0.1, 0.15) is 58.3 Å². The molecule has 0 unspecified atom stereocenters. The summed E-state index contributed by atoms with van der Waals surface area (Å²) in [5.41, 5.74) is 0. The molecule has 0 radical (unpaired) electrons. The van der Waals surface area contributed by atoms with Crippen LogP contribution in [0.4, 0.5) is 0 Å². The lowest BCUT2D eigenvalue weighted by Gasteiger charge is -2.42. The first-order valence-electron chi connectivity index (χ1n) is 7.57. The number of quaternary nitrogens is 1. The third-order valence-electron chi connectivity index (χ3n) is 4.51. The highest BCUT2D eigenvalue weighted by Gasteiger charge is 2.32. The average Bonchev–Trinajstić information content (AvgIpc) is 3.15. The molecule has 2 rings (SSSR count). The minimum Gasteiger partial charge on any atom is -0.314 e. The Morgan fingerprint density at radius 3 is 2.35 bits per heavy atom. The van der Waals surface area contributed by atoms with Gasteiger partial charge in [0.25, 0.3) is 0 Å². The van der Waals surface area contributed by atoms with Crippen molar-refractivity contribution in [2.24, 2.45) is 5.92 Å². The number of nitrogens with zero attached hydrogens (tertiary/aromatic N) is 1. The fourth-order valence-corrected chi connectivity index (χ4v) is 3.20. The van der Waals surface area contributed by atoms with E-state index in [1.54, 1.807) is 0 Å². The van der Waals surface area contributed by atoms with E-state index in [0.29, 0.717) is 0 Å². The summed E-state index contributed by atoms with van der Waals surface area (Å²) in [6.45, 7) is 4.71. The lowest BCUT2D eigenvalue weighted by atomic mass is 9.92. The van der Waals surface area contributed by atoms with Crippen LogP contribution < -0.4 is 0 Å². The van der Waals surface area contributed by atoms with Crippen LogP contribution in [0.5, 0.6) is 0 Å². The fourth-order valence-electron chi connectivity index (χ4n) is 3.20. The summed E-state index contributed by atoms with van der Waals surface area (Å²) in [6.07, 6.45) is 11.2. The van der Waals surface area contributed by atoms with Gasteiger partial charge in [0.2, 0.25) is 0 Å². The molecule has 1 atom stereocenters. The van der Waals surface area contributed by atoms with Crippen LogP contribution in [0.15, 0.2) is 0 Å². The summed E-state index contributed by atoms with van der Waals surface area (Å²) in [7, 11) is 2.45. The Hall–Kier alpha value is -0.480. The smallest absolute Gasteiger partial charge is 0.140 e. The van der Waals surface area contributed by atoms with Crippen LogP contribution in [-0.4, -0.2) is 30.7 Å².